The van der Waals surface area contributed by atoms with Crippen molar-refractivity contribution in [3.05, 3.63) is 51.5 Å². The molecule has 5 heteroatoms. The van der Waals surface area contributed by atoms with Gasteiger partial charge in [-0.2, -0.15) is 5.10 Å². The average Bonchev–Trinajstić information content (AvgIpc) is 2.73. The fourth-order valence-electron chi connectivity index (χ4n) is 1.99. The molecule has 0 amide bonds. The van der Waals surface area contributed by atoms with E-state index in [4.69, 9.17) is 5.73 Å². The third kappa shape index (κ3) is 2.20. The van der Waals surface area contributed by atoms with Crippen LogP contribution < -0.4 is 5.73 Å². The van der Waals surface area contributed by atoms with Crippen LogP contribution in [0.1, 0.15) is 29.8 Å². The largest absolute Gasteiger partial charge is 0.319 e. The van der Waals surface area contributed by atoms with Crippen LogP contribution in [-0.4, -0.2) is 9.78 Å². The minimum Gasteiger partial charge on any atom is -0.319 e. The molecule has 0 bridgehead atoms. The summed E-state index contributed by atoms with van der Waals surface area (Å²) in [5.41, 5.74) is 8.06. The maximum Gasteiger partial charge on any atom is 0.131 e. The molecule has 1 aromatic heterocycles. The average molecular weight is 312 g/mol. The number of hydrogen-bond donors (Lipinski definition) is 1. The van der Waals surface area contributed by atoms with E-state index in [2.05, 4.69) is 21.0 Å². The van der Waals surface area contributed by atoms with Crippen LogP contribution in [0.15, 0.2) is 28.9 Å². The smallest absolute Gasteiger partial charge is 0.131 e. The highest BCUT2D eigenvalue weighted by Crippen LogP contribution is 2.29. The Hall–Kier alpha value is -1.20. The number of aryl methyl sites for hydroxylation is 2. The van der Waals surface area contributed by atoms with Gasteiger partial charge in [0.25, 0.3) is 0 Å². The van der Waals surface area contributed by atoms with E-state index in [0.29, 0.717) is 17.7 Å². The Morgan fingerprint density at radius 3 is 2.89 bits per heavy atom. The highest BCUT2D eigenvalue weighted by atomic mass is 79.9. The first-order valence-electron chi connectivity index (χ1n) is 5.78. The van der Waals surface area contributed by atoms with Crippen LogP contribution >= 0.6 is 15.9 Å². The van der Waals surface area contributed by atoms with Gasteiger partial charge >= 0.3 is 0 Å². The van der Waals surface area contributed by atoms with Gasteiger partial charge < -0.3 is 5.73 Å². The lowest BCUT2D eigenvalue weighted by Gasteiger charge is -2.16. The van der Waals surface area contributed by atoms with E-state index >= 15 is 0 Å². The highest BCUT2D eigenvalue weighted by Gasteiger charge is 2.21. The first-order chi connectivity index (χ1) is 8.56. The van der Waals surface area contributed by atoms with Crippen molar-refractivity contribution in [3.8, 4) is 0 Å². The number of nitrogens with zero attached hydrogens (tertiary/aromatic N) is 2. The predicted octanol–water partition coefficient (Wildman–Crippen LogP) is 3.16. The van der Waals surface area contributed by atoms with Gasteiger partial charge in [-0.1, -0.05) is 18.2 Å². The van der Waals surface area contributed by atoms with Crippen LogP contribution in [0.25, 0.3) is 0 Å². The molecule has 1 aromatic carbocycles. The maximum absolute atomic E-state index is 14.1. The normalized spacial score (nSPS) is 12.7. The Morgan fingerprint density at radius 1 is 1.50 bits per heavy atom. The van der Waals surface area contributed by atoms with Crippen molar-refractivity contribution < 1.29 is 4.39 Å². The molecule has 18 heavy (non-hydrogen) atoms. The molecule has 0 aliphatic carbocycles. The Bertz CT molecular complexity index is 565. The summed E-state index contributed by atoms with van der Waals surface area (Å²) >= 11 is 3.41. The van der Waals surface area contributed by atoms with Gasteiger partial charge in [-0.15, -0.1) is 0 Å². The lowest BCUT2D eigenvalue weighted by Crippen LogP contribution is -2.19. The first-order valence-corrected chi connectivity index (χ1v) is 6.57. The number of benzene rings is 1. The van der Waals surface area contributed by atoms with Crippen molar-refractivity contribution in [2.24, 2.45) is 5.73 Å². The van der Waals surface area contributed by atoms with Crippen molar-refractivity contribution in [2.45, 2.75) is 26.4 Å². The molecule has 1 atom stereocenters. The summed E-state index contributed by atoms with van der Waals surface area (Å²) in [6.45, 7) is 4.40. The number of rotatable bonds is 3. The quantitative estimate of drug-likeness (QED) is 0.946. The Morgan fingerprint density at radius 2 is 2.22 bits per heavy atom. The van der Waals surface area contributed by atoms with Gasteiger partial charge in [0.15, 0.2) is 0 Å². The number of halogens is 2. The van der Waals surface area contributed by atoms with E-state index in [1.165, 1.54) is 0 Å². The molecule has 1 unspecified atom stereocenters. The first kappa shape index (κ1) is 13.2. The zero-order valence-electron chi connectivity index (χ0n) is 10.3. The van der Waals surface area contributed by atoms with E-state index in [9.17, 15) is 4.39 Å². The number of aromatic nitrogens is 2. The summed E-state index contributed by atoms with van der Waals surface area (Å²) in [6.07, 6.45) is 1.69. The molecule has 2 aromatic rings. The Balaban J connectivity index is 2.51. The molecule has 0 aliphatic heterocycles. The van der Waals surface area contributed by atoms with Crippen molar-refractivity contribution in [3.63, 3.8) is 0 Å². The molecule has 96 valence electrons. The molecule has 0 aliphatic rings. The summed E-state index contributed by atoms with van der Waals surface area (Å²) in [4.78, 5) is 0. The predicted molar refractivity (Wildman–Crippen MR) is 72.8 cm³/mol. The Labute approximate surface area is 114 Å². The summed E-state index contributed by atoms with van der Waals surface area (Å²) in [5, 5.41) is 4.20. The van der Waals surface area contributed by atoms with Gasteiger partial charge in [0.2, 0.25) is 0 Å². The zero-order chi connectivity index (χ0) is 13.3. The molecule has 0 spiro atoms. The third-order valence-electron chi connectivity index (χ3n) is 2.98. The third-order valence-corrected chi connectivity index (χ3v) is 3.60. The molecule has 0 fully saturated rings. The minimum absolute atomic E-state index is 0.249. The molecule has 0 saturated heterocycles. The lowest BCUT2D eigenvalue weighted by atomic mass is 10.0. The van der Waals surface area contributed by atoms with E-state index in [1.807, 2.05) is 13.0 Å². The SMILES string of the molecule is CCn1ncc(Br)c1C(N)c1cccc(C)c1F. The van der Waals surface area contributed by atoms with Crippen LogP contribution in [0.4, 0.5) is 4.39 Å². The number of nitrogens with two attached hydrogens (primary N) is 1. The van der Waals surface area contributed by atoms with E-state index < -0.39 is 6.04 Å². The molecular weight excluding hydrogens is 297 g/mol. The van der Waals surface area contributed by atoms with Gasteiger partial charge in [0.05, 0.1) is 22.4 Å². The molecule has 2 N–H and O–H groups in total. The van der Waals surface area contributed by atoms with Crippen LogP contribution in [0.2, 0.25) is 0 Å². The van der Waals surface area contributed by atoms with Crippen molar-refractivity contribution in [1.29, 1.82) is 0 Å². The second kappa shape index (κ2) is 5.20. The summed E-state index contributed by atoms with van der Waals surface area (Å²) in [7, 11) is 0. The fraction of sp³-hybridized carbons (Fsp3) is 0.308. The second-order valence-electron chi connectivity index (χ2n) is 4.15. The van der Waals surface area contributed by atoms with Crippen LogP contribution in [0.3, 0.4) is 0 Å². The van der Waals surface area contributed by atoms with Gasteiger partial charge in [-0.3, -0.25) is 4.68 Å². The van der Waals surface area contributed by atoms with Crippen LogP contribution in [-0.2, 0) is 6.54 Å². The van der Waals surface area contributed by atoms with E-state index in [-0.39, 0.29) is 5.82 Å². The molecule has 0 radical (unpaired) electrons. The zero-order valence-corrected chi connectivity index (χ0v) is 11.9. The number of hydrogen-bond acceptors (Lipinski definition) is 2. The topological polar surface area (TPSA) is 43.8 Å². The van der Waals surface area contributed by atoms with Gasteiger partial charge in [-0.25, -0.2) is 4.39 Å². The molecular formula is C13H15BrFN3. The monoisotopic (exact) mass is 311 g/mol. The van der Waals surface area contributed by atoms with Crippen molar-refractivity contribution in [2.75, 3.05) is 0 Å². The van der Waals surface area contributed by atoms with Crippen LogP contribution in [0.5, 0.6) is 0 Å². The highest BCUT2D eigenvalue weighted by molar-refractivity contribution is 9.10. The van der Waals surface area contributed by atoms with E-state index in [0.717, 1.165) is 10.2 Å². The standard InChI is InChI=1S/C13H15BrFN3/c1-3-18-13(10(14)7-17-18)12(16)9-6-4-5-8(2)11(9)15/h4-7,12H,3,16H2,1-2H3. The lowest BCUT2D eigenvalue weighted by molar-refractivity contribution is 0.562. The van der Waals surface area contributed by atoms with E-state index in [1.54, 1.807) is 29.9 Å². The molecule has 3 nitrogen and oxygen atoms in total. The molecule has 0 saturated carbocycles. The summed E-state index contributed by atoms with van der Waals surface area (Å²) < 4.78 is 16.7. The van der Waals surface area contributed by atoms with Crippen molar-refractivity contribution >= 4 is 15.9 Å². The molecule has 2 rings (SSSR count). The van der Waals surface area contributed by atoms with Crippen LogP contribution in [0, 0.1) is 12.7 Å². The Kier molecular flexibility index (Phi) is 3.82. The molecule has 1 heterocycles. The second-order valence-corrected chi connectivity index (χ2v) is 5.00. The maximum atomic E-state index is 14.1. The van der Waals surface area contributed by atoms with Crippen molar-refractivity contribution in [1.82, 2.24) is 9.78 Å². The minimum atomic E-state index is -0.526. The van der Waals surface area contributed by atoms with Gasteiger partial charge in [-0.05, 0) is 35.3 Å². The van der Waals surface area contributed by atoms with Gasteiger partial charge in [0.1, 0.15) is 5.82 Å². The van der Waals surface area contributed by atoms with Gasteiger partial charge in [0, 0.05) is 12.1 Å². The summed E-state index contributed by atoms with van der Waals surface area (Å²) in [6, 6.07) is 4.74. The summed E-state index contributed by atoms with van der Waals surface area (Å²) in [5.74, 6) is -0.249. The fourth-order valence-corrected chi connectivity index (χ4v) is 2.53.